The molecule has 24 heavy (non-hydrogen) atoms. The van der Waals surface area contributed by atoms with Crippen LogP contribution in [0.2, 0.25) is 0 Å². The minimum Gasteiger partial charge on any atom is -0.488 e. The van der Waals surface area contributed by atoms with E-state index in [0.717, 1.165) is 11.2 Å². The third kappa shape index (κ3) is 4.51. The van der Waals surface area contributed by atoms with Gasteiger partial charge in [0.05, 0.1) is 11.2 Å². The van der Waals surface area contributed by atoms with Gasteiger partial charge in [-0.2, -0.15) is 0 Å². The molecule has 0 aliphatic carbocycles. The molecule has 5 nitrogen and oxygen atoms in total. The maximum atomic E-state index is 6.08. The van der Waals surface area contributed by atoms with Crippen molar-refractivity contribution >= 4 is 12.6 Å². The molecule has 0 saturated carbocycles. The SMILES string of the molecule is CCOC(COc1cccc(B2OC(C)(C)C(C)(C)O2)c1)OCC. The van der Waals surface area contributed by atoms with E-state index in [1.54, 1.807) is 0 Å². The van der Waals surface area contributed by atoms with E-state index in [9.17, 15) is 0 Å². The van der Waals surface area contributed by atoms with Crippen molar-refractivity contribution in [2.75, 3.05) is 19.8 Å². The zero-order valence-electron chi connectivity index (χ0n) is 15.6. The summed E-state index contributed by atoms with van der Waals surface area (Å²) in [7, 11) is -0.395. The highest BCUT2D eigenvalue weighted by atomic mass is 16.7. The summed E-state index contributed by atoms with van der Waals surface area (Å²) in [6.07, 6.45) is -0.361. The highest BCUT2D eigenvalue weighted by molar-refractivity contribution is 6.62. The summed E-state index contributed by atoms with van der Waals surface area (Å²) in [6.45, 7) is 13.6. The number of benzene rings is 1. The predicted octanol–water partition coefficient (Wildman–Crippen LogP) is 2.76. The third-order valence-corrected chi connectivity index (χ3v) is 4.47. The van der Waals surface area contributed by atoms with Crippen LogP contribution in [0, 0.1) is 0 Å². The molecular weight excluding hydrogens is 307 g/mol. The van der Waals surface area contributed by atoms with Crippen LogP contribution in [0.5, 0.6) is 5.75 Å². The number of hydrogen-bond acceptors (Lipinski definition) is 5. The maximum Gasteiger partial charge on any atom is 0.494 e. The van der Waals surface area contributed by atoms with Gasteiger partial charge in [0.1, 0.15) is 12.4 Å². The standard InChI is InChI=1S/C18H29BO5/c1-7-20-16(21-8-2)13-22-15-11-9-10-14(12-15)19-23-17(3,4)18(5,6)24-19/h9-12,16H,7-8,13H2,1-6H3. The molecule has 1 aromatic rings. The molecule has 1 heterocycles. The smallest absolute Gasteiger partial charge is 0.488 e. The highest BCUT2D eigenvalue weighted by Gasteiger charge is 2.51. The Labute approximate surface area is 145 Å². The van der Waals surface area contributed by atoms with Crippen molar-refractivity contribution in [3.05, 3.63) is 24.3 Å². The van der Waals surface area contributed by atoms with Crippen molar-refractivity contribution in [1.29, 1.82) is 0 Å². The zero-order chi connectivity index (χ0) is 17.8. The minimum absolute atomic E-state index is 0.342. The maximum absolute atomic E-state index is 6.08. The van der Waals surface area contributed by atoms with Crippen LogP contribution >= 0.6 is 0 Å². The second-order valence-electron chi connectivity index (χ2n) is 6.81. The molecule has 0 bridgehead atoms. The molecule has 1 aliphatic heterocycles. The van der Waals surface area contributed by atoms with Crippen LogP contribution in [0.15, 0.2) is 24.3 Å². The summed E-state index contributed by atoms with van der Waals surface area (Å²) in [6, 6.07) is 7.77. The van der Waals surface area contributed by atoms with Crippen LogP contribution in [0.4, 0.5) is 0 Å². The van der Waals surface area contributed by atoms with Crippen LogP contribution < -0.4 is 10.2 Å². The number of hydrogen-bond donors (Lipinski definition) is 0. The fraction of sp³-hybridized carbons (Fsp3) is 0.667. The monoisotopic (exact) mass is 336 g/mol. The van der Waals surface area contributed by atoms with E-state index in [4.69, 9.17) is 23.5 Å². The molecule has 1 aromatic carbocycles. The fourth-order valence-corrected chi connectivity index (χ4v) is 2.41. The average molecular weight is 336 g/mol. The van der Waals surface area contributed by atoms with Crippen LogP contribution in [0.3, 0.4) is 0 Å². The molecule has 1 saturated heterocycles. The first-order valence-electron chi connectivity index (χ1n) is 8.60. The first kappa shape index (κ1) is 19.3. The second-order valence-corrected chi connectivity index (χ2v) is 6.81. The Balaban J connectivity index is 2.02. The minimum atomic E-state index is -0.395. The second kappa shape index (κ2) is 7.87. The lowest BCUT2D eigenvalue weighted by atomic mass is 9.79. The fourth-order valence-electron chi connectivity index (χ4n) is 2.41. The van der Waals surface area contributed by atoms with Crippen LogP contribution in [-0.4, -0.2) is 44.4 Å². The van der Waals surface area contributed by atoms with Crippen molar-refractivity contribution in [1.82, 2.24) is 0 Å². The lowest BCUT2D eigenvalue weighted by Gasteiger charge is -2.32. The summed E-state index contributed by atoms with van der Waals surface area (Å²) in [5, 5.41) is 0. The Morgan fingerprint density at radius 3 is 2.12 bits per heavy atom. The topological polar surface area (TPSA) is 46.2 Å². The van der Waals surface area contributed by atoms with Crippen molar-refractivity contribution in [2.45, 2.75) is 59.0 Å². The molecule has 0 atom stereocenters. The van der Waals surface area contributed by atoms with Gasteiger partial charge in [0.25, 0.3) is 0 Å². The predicted molar refractivity (Wildman–Crippen MR) is 94.7 cm³/mol. The highest BCUT2D eigenvalue weighted by Crippen LogP contribution is 2.36. The van der Waals surface area contributed by atoms with Gasteiger partial charge in [-0.25, -0.2) is 0 Å². The molecule has 1 fully saturated rings. The number of rotatable bonds is 8. The van der Waals surface area contributed by atoms with Gasteiger partial charge >= 0.3 is 7.12 Å². The lowest BCUT2D eigenvalue weighted by Crippen LogP contribution is -2.41. The summed E-state index contributed by atoms with van der Waals surface area (Å²) in [5.74, 6) is 0.742. The van der Waals surface area contributed by atoms with E-state index < -0.39 is 7.12 Å². The van der Waals surface area contributed by atoms with Gasteiger partial charge in [-0.1, -0.05) is 12.1 Å². The first-order valence-corrected chi connectivity index (χ1v) is 8.60. The number of ether oxygens (including phenoxy) is 3. The van der Waals surface area contributed by atoms with Gasteiger partial charge < -0.3 is 23.5 Å². The third-order valence-electron chi connectivity index (χ3n) is 4.47. The molecule has 0 N–H and O–H groups in total. The van der Waals surface area contributed by atoms with E-state index in [-0.39, 0.29) is 17.5 Å². The Hall–Kier alpha value is -1.08. The zero-order valence-corrected chi connectivity index (χ0v) is 15.6. The quantitative estimate of drug-likeness (QED) is 0.540. The molecule has 0 spiro atoms. The summed E-state index contributed by atoms with van der Waals surface area (Å²) >= 11 is 0. The van der Waals surface area contributed by atoms with E-state index >= 15 is 0 Å². The lowest BCUT2D eigenvalue weighted by molar-refractivity contribution is -0.152. The largest absolute Gasteiger partial charge is 0.494 e. The van der Waals surface area contributed by atoms with Crippen molar-refractivity contribution < 1.29 is 23.5 Å². The van der Waals surface area contributed by atoms with Crippen LogP contribution in [0.1, 0.15) is 41.5 Å². The van der Waals surface area contributed by atoms with Gasteiger partial charge in [-0.3, -0.25) is 0 Å². The van der Waals surface area contributed by atoms with Gasteiger partial charge in [0, 0.05) is 13.2 Å². The van der Waals surface area contributed by atoms with Crippen molar-refractivity contribution in [2.24, 2.45) is 0 Å². The molecular formula is C18H29BO5. The molecule has 6 heteroatoms. The van der Waals surface area contributed by atoms with Crippen LogP contribution in [0.25, 0.3) is 0 Å². The first-order chi connectivity index (χ1) is 11.3. The average Bonchev–Trinajstić information content (AvgIpc) is 2.74. The summed E-state index contributed by atoms with van der Waals surface area (Å²) < 4.78 is 29.0. The van der Waals surface area contributed by atoms with Gasteiger partial charge in [0.15, 0.2) is 6.29 Å². The van der Waals surface area contributed by atoms with E-state index in [1.807, 2.05) is 65.8 Å². The van der Waals surface area contributed by atoms with Gasteiger partial charge in [0.2, 0.25) is 0 Å². The summed E-state index contributed by atoms with van der Waals surface area (Å²) in [4.78, 5) is 0. The van der Waals surface area contributed by atoms with Crippen molar-refractivity contribution in [3.8, 4) is 5.75 Å². The Morgan fingerprint density at radius 2 is 1.58 bits per heavy atom. The molecule has 2 rings (SSSR count). The Bertz CT molecular complexity index is 510. The van der Waals surface area contributed by atoms with E-state index in [0.29, 0.717) is 19.8 Å². The van der Waals surface area contributed by atoms with Crippen LogP contribution in [-0.2, 0) is 18.8 Å². The molecule has 0 unspecified atom stereocenters. The van der Waals surface area contributed by atoms with Crippen molar-refractivity contribution in [3.63, 3.8) is 0 Å². The molecule has 0 amide bonds. The van der Waals surface area contributed by atoms with Gasteiger partial charge in [-0.05, 0) is 59.1 Å². The van der Waals surface area contributed by atoms with E-state index in [1.165, 1.54) is 0 Å². The normalized spacial score (nSPS) is 19.0. The molecule has 134 valence electrons. The Kier molecular flexibility index (Phi) is 6.31. The molecule has 0 radical (unpaired) electrons. The van der Waals surface area contributed by atoms with Gasteiger partial charge in [-0.15, -0.1) is 0 Å². The molecule has 0 aromatic heterocycles. The summed E-state index contributed by atoms with van der Waals surface area (Å²) in [5.41, 5.74) is 0.225. The Morgan fingerprint density at radius 1 is 1.00 bits per heavy atom. The molecule has 1 aliphatic rings. The van der Waals surface area contributed by atoms with E-state index in [2.05, 4.69) is 0 Å².